The summed E-state index contributed by atoms with van der Waals surface area (Å²) in [6.07, 6.45) is 66.4. The molecule has 426 valence electrons. The summed E-state index contributed by atoms with van der Waals surface area (Å²) in [7, 11) is 1.49. The number of esters is 1. The third-order valence-corrected chi connectivity index (χ3v) is 14.4. The summed E-state index contributed by atoms with van der Waals surface area (Å²) in [6.45, 7) is 6.95. The van der Waals surface area contributed by atoms with Gasteiger partial charge in [-0.2, -0.15) is 0 Å². The number of amides is 1. The molecule has 0 aromatic heterocycles. The lowest BCUT2D eigenvalue weighted by Gasteiger charge is -2.27. The first-order chi connectivity index (χ1) is 35.4. The maximum Gasteiger partial charge on any atom is 0.472 e. The fraction of sp³-hybridized carbons (Fsp3) is 0.810. The number of quaternary nitrogens is 1. The molecule has 0 saturated heterocycles. The van der Waals surface area contributed by atoms with Crippen LogP contribution < -0.4 is 5.32 Å². The summed E-state index contributed by atoms with van der Waals surface area (Å²) in [4.78, 5) is 37.6. The van der Waals surface area contributed by atoms with Crippen molar-refractivity contribution in [2.24, 2.45) is 0 Å². The van der Waals surface area contributed by atoms with Crippen LogP contribution in [0.4, 0.5) is 0 Å². The van der Waals surface area contributed by atoms with Gasteiger partial charge in [0.1, 0.15) is 19.3 Å². The standard InChI is InChI=1S/C63H117N2O7P/c1-7-10-13-16-19-22-25-27-28-29-30-31-32-33-34-35-36-38-41-43-46-49-52-55-62(66)64-60(59-71-73(68,69)70-58-57-65(4,5)6)61(54-51-48-45-42-40-37-26-23-20-17-14-11-8-2)72-63(67)56-53-50-47-44-39-24-21-18-15-12-9-3/h18-19,21-22,27-28,30-31,51,54,60-61H,7-17,20,23-26,29,32-50,52-53,55-59H2,1-6H3,(H-,64,66,68,69)/p+1/b21-18-,22-19-,28-27-,31-30-,54-51+. The topological polar surface area (TPSA) is 111 Å². The second-order valence-corrected chi connectivity index (χ2v) is 23.3. The van der Waals surface area contributed by atoms with E-state index in [9.17, 15) is 19.0 Å². The van der Waals surface area contributed by atoms with Crippen molar-refractivity contribution in [2.45, 2.75) is 290 Å². The highest BCUT2D eigenvalue weighted by molar-refractivity contribution is 7.47. The summed E-state index contributed by atoms with van der Waals surface area (Å²) in [5.74, 6) is -0.517. The van der Waals surface area contributed by atoms with E-state index < -0.39 is 20.0 Å². The number of phosphoric acid groups is 1. The number of carbonyl (C=O) groups excluding carboxylic acids is 2. The summed E-state index contributed by atoms with van der Waals surface area (Å²) in [5, 5.41) is 3.05. The third-order valence-electron chi connectivity index (χ3n) is 13.4. The van der Waals surface area contributed by atoms with Gasteiger partial charge in [-0.15, -0.1) is 0 Å². The van der Waals surface area contributed by atoms with Crippen molar-refractivity contribution in [3.05, 3.63) is 60.8 Å². The summed E-state index contributed by atoms with van der Waals surface area (Å²) in [6, 6.07) is -0.853. The average molecular weight is 1050 g/mol. The molecule has 0 radical (unpaired) electrons. The molecule has 0 bridgehead atoms. The van der Waals surface area contributed by atoms with Crippen molar-refractivity contribution in [3.63, 3.8) is 0 Å². The normalized spacial score (nSPS) is 14.1. The number of hydrogen-bond donors (Lipinski definition) is 2. The highest BCUT2D eigenvalue weighted by Gasteiger charge is 2.30. The molecule has 0 saturated carbocycles. The smallest absolute Gasteiger partial charge is 0.456 e. The Balaban J connectivity index is 5.18. The Hall–Kier alpha value is -2.29. The van der Waals surface area contributed by atoms with Crippen LogP contribution in [0, 0.1) is 0 Å². The molecule has 0 aromatic carbocycles. The zero-order valence-corrected chi connectivity index (χ0v) is 49.5. The zero-order chi connectivity index (χ0) is 53.6. The number of hydrogen-bond acceptors (Lipinski definition) is 6. The van der Waals surface area contributed by atoms with E-state index in [1.807, 2.05) is 33.3 Å². The molecule has 9 nitrogen and oxygen atoms in total. The largest absolute Gasteiger partial charge is 0.472 e. The van der Waals surface area contributed by atoms with Crippen LogP contribution in [0.3, 0.4) is 0 Å². The lowest BCUT2D eigenvalue weighted by atomic mass is 10.0. The molecule has 73 heavy (non-hydrogen) atoms. The molecule has 0 fully saturated rings. The Kier molecular flexibility index (Phi) is 51.5. The molecule has 2 N–H and O–H groups in total. The van der Waals surface area contributed by atoms with Crippen molar-refractivity contribution in [3.8, 4) is 0 Å². The molecule has 10 heteroatoms. The highest BCUT2D eigenvalue weighted by atomic mass is 31.2. The fourth-order valence-electron chi connectivity index (χ4n) is 8.63. The number of ether oxygens (including phenoxy) is 1. The van der Waals surface area contributed by atoms with Crippen molar-refractivity contribution in [1.82, 2.24) is 5.32 Å². The molecule has 0 aliphatic carbocycles. The van der Waals surface area contributed by atoms with Crippen LogP contribution in [0.15, 0.2) is 60.8 Å². The van der Waals surface area contributed by atoms with Gasteiger partial charge >= 0.3 is 13.8 Å². The molecular weight excluding hydrogens is 928 g/mol. The maximum atomic E-state index is 13.5. The molecule has 0 rings (SSSR count). The lowest BCUT2D eigenvalue weighted by Crippen LogP contribution is -2.47. The van der Waals surface area contributed by atoms with Gasteiger partial charge in [0, 0.05) is 12.8 Å². The maximum absolute atomic E-state index is 13.5. The number of phosphoric ester groups is 1. The first kappa shape index (κ1) is 70.7. The predicted octanol–water partition coefficient (Wildman–Crippen LogP) is 18.7. The Morgan fingerprint density at radius 1 is 0.479 bits per heavy atom. The van der Waals surface area contributed by atoms with Crippen molar-refractivity contribution in [2.75, 3.05) is 40.9 Å². The van der Waals surface area contributed by atoms with Crippen molar-refractivity contribution < 1.29 is 37.3 Å². The van der Waals surface area contributed by atoms with Gasteiger partial charge in [0.2, 0.25) is 5.91 Å². The number of nitrogens with one attached hydrogen (secondary N) is 1. The highest BCUT2D eigenvalue weighted by Crippen LogP contribution is 2.43. The van der Waals surface area contributed by atoms with Crippen molar-refractivity contribution in [1.29, 1.82) is 0 Å². The molecule has 1 amide bonds. The van der Waals surface area contributed by atoms with E-state index in [4.69, 9.17) is 13.8 Å². The van der Waals surface area contributed by atoms with Gasteiger partial charge < -0.3 is 19.4 Å². The summed E-state index contributed by atoms with van der Waals surface area (Å²) in [5.41, 5.74) is 0. The molecular formula is C63H118N2O7P+. The van der Waals surface area contributed by atoms with E-state index in [2.05, 4.69) is 74.7 Å². The quantitative estimate of drug-likeness (QED) is 0.0205. The minimum atomic E-state index is -4.45. The number of carbonyl (C=O) groups is 2. The van der Waals surface area contributed by atoms with Crippen LogP contribution >= 0.6 is 7.82 Å². The van der Waals surface area contributed by atoms with Crippen LogP contribution in [0.2, 0.25) is 0 Å². The van der Waals surface area contributed by atoms with Crippen LogP contribution in [0.5, 0.6) is 0 Å². The molecule has 3 atom stereocenters. The van der Waals surface area contributed by atoms with Crippen LogP contribution in [-0.4, -0.2) is 74.3 Å². The van der Waals surface area contributed by atoms with Crippen molar-refractivity contribution >= 4 is 19.7 Å². The lowest BCUT2D eigenvalue weighted by molar-refractivity contribution is -0.870. The second kappa shape index (κ2) is 53.1. The van der Waals surface area contributed by atoms with Gasteiger partial charge in [0.25, 0.3) is 0 Å². The fourth-order valence-corrected chi connectivity index (χ4v) is 9.37. The Morgan fingerprint density at radius 3 is 1.33 bits per heavy atom. The van der Waals surface area contributed by atoms with Gasteiger partial charge in [-0.05, 0) is 89.5 Å². The molecule has 0 heterocycles. The monoisotopic (exact) mass is 1050 g/mol. The number of rotatable bonds is 55. The minimum Gasteiger partial charge on any atom is -0.456 e. The molecule has 0 aromatic rings. The van der Waals surface area contributed by atoms with Crippen LogP contribution in [0.1, 0.15) is 278 Å². The Morgan fingerprint density at radius 2 is 0.849 bits per heavy atom. The van der Waals surface area contributed by atoms with E-state index >= 15 is 0 Å². The first-order valence-corrected chi connectivity index (χ1v) is 32.1. The van der Waals surface area contributed by atoms with E-state index in [0.29, 0.717) is 17.4 Å². The summed E-state index contributed by atoms with van der Waals surface area (Å²) >= 11 is 0. The second-order valence-electron chi connectivity index (χ2n) is 21.9. The van der Waals surface area contributed by atoms with E-state index in [-0.39, 0.29) is 31.5 Å². The molecule has 0 aliphatic rings. The number of likely N-dealkylation sites (N-methyl/N-ethyl adjacent to an activating group) is 1. The first-order valence-electron chi connectivity index (χ1n) is 30.6. The number of allylic oxidation sites excluding steroid dienone is 9. The van der Waals surface area contributed by atoms with Gasteiger partial charge in [-0.1, -0.05) is 236 Å². The average Bonchev–Trinajstić information content (AvgIpc) is 3.35. The molecule has 3 unspecified atom stereocenters. The number of unbranched alkanes of at least 4 members (excludes halogenated alkanes) is 31. The van der Waals surface area contributed by atoms with Gasteiger partial charge in [0.15, 0.2) is 0 Å². The van der Waals surface area contributed by atoms with Crippen LogP contribution in [-0.2, 0) is 27.9 Å². The van der Waals surface area contributed by atoms with E-state index in [1.54, 1.807) is 0 Å². The van der Waals surface area contributed by atoms with Gasteiger partial charge in [-0.3, -0.25) is 18.6 Å². The zero-order valence-electron chi connectivity index (χ0n) is 48.6. The Labute approximate surface area is 451 Å². The third kappa shape index (κ3) is 54.3. The number of nitrogens with zero attached hydrogens (tertiary/aromatic N) is 1. The molecule has 0 aliphatic heterocycles. The molecule has 0 spiro atoms. The SMILES string of the molecule is CCCC/C=C\CCCCCCCC(=O)OC(/C=C/CCCCCCCCCCCCC)C(COP(=O)(O)OCC[N+](C)(C)C)NC(=O)CCCCCCCCCCCC/C=C\C/C=C\C/C=C\CCCCC. The van der Waals surface area contributed by atoms with E-state index in [0.717, 1.165) is 96.3 Å². The Bertz CT molecular complexity index is 1440. The summed E-state index contributed by atoms with van der Waals surface area (Å²) < 4.78 is 30.6. The van der Waals surface area contributed by atoms with E-state index in [1.165, 1.54) is 148 Å². The van der Waals surface area contributed by atoms with Gasteiger partial charge in [0.05, 0.1) is 33.8 Å². The minimum absolute atomic E-state index is 0.0373. The van der Waals surface area contributed by atoms with Gasteiger partial charge in [-0.25, -0.2) is 4.57 Å². The van der Waals surface area contributed by atoms with Crippen LogP contribution in [0.25, 0.3) is 0 Å². The predicted molar refractivity (Wildman–Crippen MR) is 314 cm³/mol.